The maximum atomic E-state index is 13.7. The van der Waals surface area contributed by atoms with Crippen molar-refractivity contribution in [2.45, 2.75) is 71.9 Å². The highest BCUT2D eigenvalue weighted by molar-refractivity contribution is 5.91. The minimum Gasteiger partial charge on any atom is -0.344 e. The molecule has 3 amide bonds. The van der Waals surface area contributed by atoms with E-state index < -0.39 is 23.8 Å². The molecule has 0 aliphatic carbocycles. The highest BCUT2D eigenvalue weighted by atomic mass is 16.5. The van der Waals surface area contributed by atoms with Gasteiger partial charge in [0.1, 0.15) is 6.04 Å². The van der Waals surface area contributed by atoms with E-state index in [2.05, 4.69) is 47.8 Å². The number of nitrogens with one attached hydrogen (secondary N) is 2. The van der Waals surface area contributed by atoms with Crippen molar-refractivity contribution >= 4 is 28.5 Å². The van der Waals surface area contributed by atoms with Crippen molar-refractivity contribution in [3.63, 3.8) is 0 Å². The molecule has 1 heterocycles. The highest BCUT2D eigenvalue weighted by Gasteiger charge is 2.36. The van der Waals surface area contributed by atoms with E-state index in [-0.39, 0.29) is 17.7 Å². The minimum absolute atomic E-state index is 0.0890. The maximum Gasteiger partial charge on any atom is 0.247 e. The smallest absolute Gasteiger partial charge is 0.247 e. The van der Waals surface area contributed by atoms with Crippen LogP contribution in [0, 0.1) is 17.8 Å². The van der Waals surface area contributed by atoms with E-state index in [9.17, 15) is 19.6 Å². The van der Waals surface area contributed by atoms with Crippen LogP contribution in [-0.4, -0.2) is 40.4 Å². The van der Waals surface area contributed by atoms with E-state index >= 15 is 0 Å². The summed E-state index contributed by atoms with van der Waals surface area (Å²) in [5.74, 6) is -2.03. The van der Waals surface area contributed by atoms with Crippen molar-refractivity contribution in [2.24, 2.45) is 17.8 Å². The summed E-state index contributed by atoms with van der Waals surface area (Å²) in [5.41, 5.74) is 5.01. The van der Waals surface area contributed by atoms with Crippen molar-refractivity contribution in [1.82, 2.24) is 15.7 Å². The van der Waals surface area contributed by atoms with Gasteiger partial charge >= 0.3 is 0 Å². The number of hydrogen-bond acceptors (Lipinski definition) is 4. The van der Waals surface area contributed by atoms with E-state index in [0.717, 1.165) is 29.5 Å². The van der Waals surface area contributed by atoms with Crippen molar-refractivity contribution in [3.8, 4) is 11.1 Å². The first-order valence-electron chi connectivity index (χ1n) is 14.9. The number of amides is 3. The molecule has 1 aliphatic rings. The first kappa shape index (κ1) is 30.3. The normalized spacial score (nSPS) is 17.2. The first-order valence-corrected chi connectivity index (χ1v) is 14.9. The summed E-state index contributed by atoms with van der Waals surface area (Å²) in [5, 5.41) is 14.7. The third-order valence-electron chi connectivity index (χ3n) is 8.07. The molecule has 3 aromatic rings. The van der Waals surface area contributed by atoms with Gasteiger partial charge in [0.15, 0.2) is 0 Å². The fourth-order valence-corrected chi connectivity index (χ4v) is 5.98. The molecule has 3 N–H and O–H groups in total. The monoisotopic (exact) mass is 557 g/mol. The van der Waals surface area contributed by atoms with Gasteiger partial charge in [-0.1, -0.05) is 81.8 Å². The molecule has 218 valence electrons. The van der Waals surface area contributed by atoms with E-state index in [1.807, 2.05) is 49.9 Å². The molecule has 4 rings (SSSR count). The summed E-state index contributed by atoms with van der Waals surface area (Å²) in [6.45, 7) is 7.05. The predicted octanol–water partition coefficient (Wildman–Crippen LogP) is 6.09. The quantitative estimate of drug-likeness (QED) is 0.196. The third kappa shape index (κ3) is 7.73. The number of rotatable bonds is 11. The molecule has 3 aromatic carbocycles. The number of carbonyl (C=O) groups excluding carboxylic acids is 3. The number of benzene rings is 3. The molecule has 0 spiro atoms. The molecular weight excluding hydrogens is 514 g/mol. The largest absolute Gasteiger partial charge is 0.344 e. The lowest BCUT2D eigenvalue weighted by molar-refractivity contribution is -0.143. The van der Waals surface area contributed by atoms with Gasteiger partial charge in [0.05, 0.1) is 5.92 Å². The second-order valence-corrected chi connectivity index (χ2v) is 11.7. The van der Waals surface area contributed by atoms with Crippen LogP contribution < -0.4 is 10.8 Å². The van der Waals surface area contributed by atoms with Crippen LogP contribution in [0.25, 0.3) is 21.9 Å². The summed E-state index contributed by atoms with van der Waals surface area (Å²) < 4.78 is 0. The molecule has 3 atom stereocenters. The van der Waals surface area contributed by atoms with Gasteiger partial charge in [0.2, 0.25) is 17.7 Å². The van der Waals surface area contributed by atoms with Crippen molar-refractivity contribution < 1.29 is 19.6 Å². The Hall–Kier alpha value is -3.71. The summed E-state index contributed by atoms with van der Waals surface area (Å²) in [6.07, 6.45) is 3.94. The Morgan fingerprint density at radius 1 is 0.927 bits per heavy atom. The summed E-state index contributed by atoms with van der Waals surface area (Å²) in [7, 11) is 0. The summed E-state index contributed by atoms with van der Waals surface area (Å²) >= 11 is 0. The number of carbonyl (C=O) groups is 3. The average Bonchev–Trinajstić information content (AvgIpc) is 3.14. The zero-order chi connectivity index (χ0) is 29.4. The molecular formula is C34H43N3O4. The molecule has 1 saturated heterocycles. The van der Waals surface area contributed by atoms with E-state index in [0.29, 0.717) is 38.8 Å². The van der Waals surface area contributed by atoms with Crippen molar-refractivity contribution in [1.29, 1.82) is 0 Å². The van der Waals surface area contributed by atoms with Gasteiger partial charge in [-0.2, -0.15) is 0 Å². The maximum absolute atomic E-state index is 13.7. The number of hydrogen-bond donors (Lipinski definition) is 3. The zero-order valence-electron chi connectivity index (χ0n) is 24.4. The van der Waals surface area contributed by atoms with Crippen LogP contribution in [0.15, 0.2) is 66.7 Å². The van der Waals surface area contributed by atoms with Crippen LogP contribution in [-0.2, 0) is 20.9 Å². The van der Waals surface area contributed by atoms with Crippen molar-refractivity contribution in [3.05, 3.63) is 72.3 Å². The SMILES string of the molecule is CCCC(C(=O)NO)C(CC(C)C)C(=O)NC1CCCCN(Cc2cccc(-c3ccc4ccccc4c3)c2)C1=O. The molecule has 0 radical (unpaired) electrons. The van der Waals surface area contributed by atoms with Crippen molar-refractivity contribution in [2.75, 3.05) is 6.54 Å². The van der Waals surface area contributed by atoms with Gasteiger partial charge in [-0.15, -0.1) is 0 Å². The van der Waals surface area contributed by atoms with Crippen LogP contribution in [0.2, 0.25) is 0 Å². The summed E-state index contributed by atoms with van der Waals surface area (Å²) in [4.78, 5) is 41.6. The Morgan fingerprint density at radius 3 is 2.41 bits per heavy atom. The fourth-order valence-electron chi connectivity index (χ4n) is 5.98. The molecule has 0 aromatic heterocycles. The van der Waals surface area contributed by atoms with Gasteiger partial charge in [-0.05, 0) is 77.6 Å². The lowest BCUT2D eigenvalue weighted by Gasteiger charge is -2.29. The van der Waals surface area contributed by atoms with Crippen LogP contribution in [0.3, 0.4) is 0 Å². The van der Waals surface area contributed by atoms with Gasteiger partial charge in [-0.3, -0.25) is 19.6 Å². The standard InChI is InChI=1S/C34H43N3O4/c1-4-10-29(33(39)36-41)30(19-23(2)3)32(38)35-31-15-7-8-18-37(34(31)40)22-24-11-9-14-26(20-24)28-17-16-25-12-5-6-13-27(25)21-28/h5-6,9,11-14,16-17,20-21,23,29-31,41H,4,7-8,10,15,18-19,22H2,1-3H3,(H,35,38)(H,36,39). The van der Waals surface area contributed by atoms with Crippen LogP contribution in [0.5, 0.6) is 0 Å². The Labute approximate surface area is 243 Å². The summed E-state index contributed by atoms with van der Waals surface area (Å²) in [6, 6.07) is 22.4. The number of hydroxylamine groups is 1. The van der Waals surface area contributed by atoms with E-state index in [4.69, 9.17) is 0 Å². The molecule has 0 bridgehead atoms. The first-order chi connectivity index (χ1) is 19.8. The molecule has 3 unspecified atom stereocenters. The second kappa shape index (κ2) is 14.3. The molecule has 7 heteroatoms. The Bertz CT molecular complexity index is 1350. The highest BCUT2D eigenvalue weighted by Crippen LogP contribution is 2.28. The average molecular weight is 558 g/mol. The predicted molar refractivity (Wildman–Crippen MR) is 162 cm³/mol. The number of nitrogens with zero attached hydrogens (tertiary/aromatic N) is 1. The number of likely N-dealkylation sites (tertiary alicyclic amines) is 1. The Kier molecular flexibility index (Phi) is 10.5. The second-order valence-electron chi connectivity index (χ2n) is 11.7. The topological polar surface area (TPSA) is 98.7 Å². The lowest BCUT2D eigenvalue weighted by atomic mass is 9.81. The van der Waals surface area contributed by atoms with Gasteiger partial charge in [-0.25, -0.2) is 5.48 Å². The molecule has 0 saturated carbocycles. The number of fused-ring (bicyclic) bond motifs is 1. The van der Waals surface area contributed by atoms with Crippen LogP contribution in [0.1, 0.15) is 64.9 Å². The van der Waals surface area contributed by atoms with Crippen LogP contribution >= 0.6 is 0 Å². The molecule has 1 fully saturated rings. The Balaban J connectivity index is 1.50. The van der Waals surface area contributed by atoms with Gasteiger partial charge in [0, 0.05) is 19.0 Å². The van der Waals surface area contributed by atoms with E-state index in [1.165, 1.54) is 10.8 Å². The minimum atomic E-state index is -0.651. The van der Waals surface area contributed by atoms with Gasteiger partial charge < -0.3 is 10.2 Å². The lowest BCUT2D eigenvalue weighted by Crippen LogP contribution is -2.51. The Morgan fingerprint density at radius 2 is 1.68 bits per heavy atom. The van der Waals surface area contributed by atoms with Crippen LogP contribution in [0.4, 0.5) is 0 Å². The van der Waals surface area contributed by atoms with Gasteiger partial charge in [0.25, 0.3) is 0 Å². The van der Waals surface area contributed by atoms with E-state index in [1.54, 1.807) is 5.48 Å². The molecule has 1 aliphatic heterocycles. The molecule has 41 heavy (non-hydrogen) atoms. The fraction of sp³-hybridized carbons (Fsp3) is 0.441. The zero-order valence-corrected chi connectivity index (χ0v) is 24.4. The molecule has 7 nitrogen and oxygen atoms in total. The third-order valence-corrected chi connectivity index (χ3v) is 8.07.